The van der Waals surface area contributed by atoms with Crippen LogP contribution >= 0.6 is 0 Å². The molecule has 1 aromatic carbocycles. The highest BCUT2D eigenvalue weighted by atomic mass is 16.5. The summed E-state index contributed by atoms with van der Waals surface area (Å²) >= 11 is 0. The van der Waals surface area contributed by atoms with Crippen LogP contribution in [0.3, 0.4) is 0 Å². The lowest BCUT2D eigenvalue weighted by molar-refractivity contribution is 0.414. The zero-order valence-corrected chi connectivity index (χ0v) is 12.7. The Labute approximate surface area is 134 Å². The summed E-state index contributed by atoms with van der Waals surface area (Å²) in [6.07, 6.45) is 8.60. The molecule has 1 aliphatic carbocycles. The van der Waals surface area contributed by atoms with Crippen LogP contribution in [0.5, 0.6) is 5.75 Å². The number of methoxy groups -OCH3 is 1. The molecule has 0 spiro atoms. The first-order chi connectivity index (χ1) is 11.3. The number of aliphatic imine (C=N–C) groups is 2. The summed E-state index contributed by atoms with van der Waals surface area (Å²) in [5.74, 6) is 1.59. The third-order valence-electron chi connectivity index (χ3n) is 4.23. The van der Waals surface area contributed by atoms with Crippen LogP contribution < -0.4 is 4.74 Å². The molecule has 0 fully saturated rings. The zero-order valence-electron chi connectivity index (χ0n) is 12.7. The fraction of sp³-hybridized carbons (Fsp3) is 0.167. The highest BCUT2D eigenvalue weighted by Crippen LogP contribution is 2.41. The smallest absolute Gasteiger partial charge is 0.156 e. The predicted molar refractivity (Wildman–Crippen MR) is 88.8 cm³/mol. The number of hydrogen-bond donors (Lipinski definition) is 0. The van der Waals surface area contributed by atoms with Crippen LogP contribution in [-0.4, -0.2) is 24.1 Å². The van der Waals surface area contributed by atoms with Gasteiger partial charge in [0.05, 0.1) is 30.8 Å². The Kier molecular flexibility index (Phi) is 3.09. The normalized spacial score (nSPS) is 19.7. The number of rotatable bonds is 1. The predicted octanol–water partition coefficient (Wildman–Crippen LogP) is 3.03. The standard InChI is InChI=1S/C18H14N4O/c1-23-13-3-5-14-12(10-13)2-4-15-16(6-7-19)22-9-8-20-11-17(22)21-18(14)15/h3,5-6,8-11H,2,4H2,1H3/b16-6+. The lowest BCUT2D eigenvalue weighted by atomic mass is 9.86. The number of benzene rings is 1. The SMILES string of the molecule is COc1ccc2c(c1)CCC1=C2N=C2C=NC=CN2/C1=C/C#N. The van der Waals surface area contributed by atoms with E-state index in [9.17, 15) is 5.26 Å². The first-order valence-corrected chi connectivity index (χ1v) is 7.40. The minimum absolute atomic E-state index is 0.733. The third-order valence-corrected chi connectivity index (χ3v) is 4.23. The maximum atomic E-state index is 9.17. The van der Waals surface area contributed by atoms with Crippen LogP contribution in [0, 0.1) is 11.3 Å². The van der Waals surface area contributed by atoms with Crippen molar-refractivity contribution in [1.82, 2.24) is 4.90 Å². The lowest BCUT2D eigenvalue weighted by Crippen LogP contribution is -2.33. The van der Waals surface area contributed by atoms with Crippen LogP contribution in [-0.2, 0) is 6.42 Å². The van der Waals surface area contributed by atoms with Gasteiger partial charge >= 0.3 is 0 Å². The second-order valence-corrected chi connectivity index (χ2v) is 5.43. The molecule has 23 heavy (non-hydrogen) atoms. The Morgan fingerprint density at radius 3 is 3.09 bits per heavy atom. The number of nitrogens with zero attached hydrogens (tertiary/aromatic N) is 4. The van der Waals surface area contributed by atoms with Crippen molar-refractivity contribution >= 4 is 17.7 Å². The van der Waals surface area contributed by atoms with Crippen LogP contribution in [0.15, 0.2) is 57.9 Å². The quantitative estimate of drug-likeness (QED) is 0.749. The molecule has 0 bridgehead atoms. The van der Waals surface area contributed by atoms with Gasteiger partial charge in [0.15, 0.2) is 5.84 Å². The Bertz CT molecular complexity index is 881. The molecule has 4 rings (SSSR count). The zero-order chi connectivity index (χ0) is 15.8. The third kappa shape index (κ3) is 2.08. The van der Waals surface area contributed by atoms with Gasteiger partial charge in [0.25, 0.3) is 0 Å². The molecule has 1 aromatic rings. The number of aryl methyl sites for hydroxylation is 1. The molecule has 0 atom stereocenters. The maximum Gasteiger partial charge on any atom is 0.156 e. The van der Waals surface area contributed by atoms with Gasteiger partial charge in [-0.05, 0) is 36.6 Å². The summed E-state index contributed by atoms with van der Waals surface area (Å²) in [4.78, 5) is 10.9. The van der Waals surface area contributed by atoms with Gasteiger partial charge in [0.1, 0.15) is 5.75 Å². The van der Waals surface area contributed by atoms with E-state index in [1.165, 1.54) is 5.56 Å². The number of amidine groups is 1. The molecular formula is C18H14N4O. The van der Waals surface area contributed by atoms with E-state index in [1.807, 2.05) is 23.2 Å². The molecule has 0 unspecified atom stereocenters. The molecule has 5 heteroatoms. The molecule has 3 aliphatic rings. The molecule has 0 radical (unpaired) electrons. The van der Waals surface area contributed by atoms with Crippen molar-refractivity contribution in [3.05, 3.63) is 59.1 Å². The van der Waals surface area contributed by atoms with Crippen molar-refractivity contribution in [2.24, 2.45) is 9.98 Å². The Hall–Kier alpha value is -3.13. The van der Waals surface area contributed by atoms with Gasteiger partial charge in [0.2, 0.25) is 0 Å². The van der Waals surface area contributed by atoms with E-state index in [0.717, 1.165) is 47.0 Å². The van der Waals surface area contributed by atoms with Crippen LogP contribution in [0.4, 0.5) is 0 Å². The maximum absolute atomic E-state index is 9.17. The van der Waals surface area contributed by atoms with E-state index in [0.29, 0.717) is 0 Å². The summed E-state index contributed by atoms with van der Waals surface area (Å²) in [5.41, 5.74) is 5.25. The first kappa shape index (κ1) is 13.5. The first-order valence-electron chi connectivity index (χ1n) is 7.40. The molecule has 2 aliphatic heterocycles. The fourth-order valence-corrected chi connectivity index (χ4v) is 3.17. The minimum Gasteiger partial charge on any atom is -0.497 e. The van der Waals surface area contributed by atoms with Crippen molar-refractivity contribution in [2.75, 3.05) is 7.11 Å². The number of fused-ring (bicyclic) bond motifs is 3. The molecule has 0 N–H and O–H groups in total. The summed E-state index contributed by atoms with van der Waals surface area (Å²) in [6, 6.07) is 8.21. The average Bonchev–Trinajstić information content (AvgIpc) is 2.61. The Balaban J connectivity index is 1.92. The molecule has 112 valence electrons. The van der Waals surface area contributed by atoms with E-state index < -0.39 is 0 Å². The number of nitriles is 1. The van der Waals surface area contributed by atoms with Crippen molar-refractivity contribution in [1.29, 1.82) is 5.26 Å². The highest BCUT2D eigenvalue weighted by Gasteiger charge is 2.30. The highest BCUT2D eigenvalue weighted by molar-refractivity contribution is 6.32. The topological polar surface area (TPSA) is 61.0 Å². The Morgan fingerprint density at radius 1 is 1.35 bits per heavy atom. The van der Waals surface area contributed by atoms with E-state index in [4.69, 9.17) is 9.73 Å². The summed E-state index contributed by atoms with van der Waals surface area (Å²) in [7, 11) is 1.67. The van der Waals surface area contributed by atoms with E-state index in [-0.39, 0.29) is 0 Å². The van der Waals surface area contributed by atoms with Gasteiger partial charge in [-0.2, -0.15) is 5.26 Å². The van der Waals surface area contributed by atoms with Gasteiger partial charge in [-0.25, -0.2) is 4.99 Å². The van der Waals surface area contributed by atoms with Crippen molar-refractivity contribution in [3.63, 3.8) is 0 Å². The van der Waals surface area contributed by atoms with Gasteiger partial charge in [-0.1, -0.05) is 0 Å². The molecule has 0 amide bonds. The monoisotopic (exact) mass is 302 g/mol. The molecule has 0 saturated heterocycles. The molecular weight excluding hydrogens is 288 g/mol. The molecule has 0 saturated carbocycles. The molecule has 0 aromatic heterocycles. The van der Waals surface area contributed by atoms with Crippen molar-refractivity contribution in [3.8, 4) is 11.8 Å². The van der Waals surface area contributed by atoms with E-state index in [1.54, 1.807) is 25.6 Å². The van der Waals surface area contributed by atoms with Crippen LogP contribution in [0.1, 0.15) is 17.5 Å². The molecule has 5 nitrogen and oxygen atoms in total. The van der Waals surface area contributed by atoms with E-state index in [2.05, 4.69) is 17.1 Å². The van der Waals surface area contributed by atoms with Gasteiger partial charge in [-0.15, -0.1) is 0 Å². The van der Waals surface area contributed by atoms with Gasteiger partial charge in [-0.3, -0.25) is 9.89 Å². The average molecular weight is 302 g/mol. The van der Waals surface area contributed by atoms with Crippen LogP contribution in [0.2, 0.25) is 0 Å². The van der Waals surface area contributed by atoms with Crippen LogP contribution in [0.25, 0.3) is 5.70 Å². The van der Waals surface area contributed by atoms with Gasteiger partial charge < -0.3 is 4.74 Å². The number of ether oxygens (including phenoxy) is 1. The van der Waals surface area contributed by atoms with Crippen molar-refractivity contribution in [2.45, 2.75) is 12.8 Å². The Morgan fingerprint density at radius 2 is 2.26 bits per heavy atom. The van der Waals surface area contributed by atoms with Gasteiger partial charge in [0, 0.05) is 29.6 Å². The second-order valence-electron chi connectivity index (χ2n) is 5.43. The van der Waals surface area contributed by atoms with Crippen molar-refractivity contribution < 1.29 is 4.74 Å². The largest absolute Gasteiger partial charge is 0.497 e. The van der Waals surface area contributed by atoms with E-state index >= 15 is 0 Å². The number of hydrogen-bond acceptors (Lipinski definition) is 5. The summed E-state index contributed by atoms with van der Waals surface area (Å²) < 4.78 is 5.32. The summed E-state index contributed by atoms with van der Waals surface area (Å²) in [5, 5.41) is 9.17. The minimum atomic E-state index is 0.733. The fourth-order valence-electron chi connectivity index (χ4n) is 3.17. The number of allylic oxidation sites excluding steroid dienone is 2. The lowest BCUT2D eigenvalue weighted by Gasteiger charge is -2.33. The second kappa shape index (κ2) is 5.25. The molecule has 2 heterocycles. The summed E-state index contributed by atoms with van der Waals surface area (Å²) in [6.45, 7) is 0.